The van der Waals surface area contributed by atoms with Crippen LogP contribution in [-0.4, -0.2) is 43.0 Å². The number of pyridine rings is 2. The summed E-state index contributed by atoms with van der Waals surface area (Å²) >= 11 is 0. The van der Waals surface area contributed by atoms with Crippen molar-refractivity contribution < 1.29 is 14.4 Å². The lowest BCUT2D eigenvalue weighted by Gasteiger charge is -2.29. The molecule has 1 atom stereocenters. The molecule has 1 saturated heterocycles. The molecule has 4 aromatic rings. The Hall–Kier alpha value is -4.53. The maximum absolute atomic E-state index is 13.1. The first kappa shape index (κ1) is 21.0. The number of anilines is 1. The number of piperidine rings is 1. The Bertz CT molecular complexity index is 1480. The topological polar surface area (TPSA) is 109 Å². The van der Waals surface area contributed by atoms with E-state index >= 15 is 0 Å². The predicted molar refractivity (Wildman–Crippen MR) is 128 cm³/mol. The molecule has 2 N–H and O–H groups in total. The van der Waals surface area contributed by atoms with Gasteiger partial charge in [-0.05, 0) is 47.9 Å². The second-order valence-corrected chi connectivity index (χ2v) is 8.72. The van der Waals surface area contributed by atoms with Crippen molar-refractivity contribution in [1.82, 2.24) is 24.6 Å². The number of aromatic nitrogens is 3. The van der Waals surface area contributed by atoms with Gasteiger partial charge < -0.3 is 10.2 Å². The molecule has 3 aromatic heterocycles. The maximum atomic E-state index is 13.1. The Labute approximate surface area is 200 Å². The van der Waals surface area contributed by atoms with Crippen molar-refractivity contribution in [3.63, 3.8) is 0 Å². The van der Waals surface area contributed by atoms with Crippen LogP contribution < -0.4 is 10.6 Å². The number of fused-ring (bicyclic) bond motifs is 2. The predicted octanol–water partition coefficient (Wildman–Crippen LogP) is 2.77. The van der Waals surface area contributed by atoms with Crippen molar-refractivity contribution in [2.24, 2.45) is 0 Å². The van der Waals surface area contributed by atoms with E-state index in [4.69, 9.17) is 4.98 Å². The number of benzene rings is 1. The molecule has 0 aliphatic carbocycles. The Kier molecular flexibility index (Phi) is 5.02. The number of imidazole rings is 1. The molecule has 2 aliphatic rings. The van der Waals surface area contributed by atoms with E-state index in [9.17, 15) is 14.4 Å². The number of imide groups is 1. The van der Waals surface area contributed by atoms with Gasteiger partial charge in [-0.1, -0.05) is 18.2 Å². The summed E-state index contributed by atoms with van der Waals surface area (Å²) in [6.07, 6.45) is 6.09. The number of carbonyl (C=O) groups excluding carboxylic acids is 3. The lowest BCUT2D eigenvalue weighted by Crippen LogP contribution is -2.52. The lowest BCUT2D eigenvalue weighted by atomic mass is 10.0. The van der Waals surface area contributed by atoms with E-state index in [1.807, 2.05) is 59.3 Å². The third-order valence-corrected chi connectivity index (χ3v) is 6.51. The molecule has 174 valence electrons. The second-order valence-electron chi connectivity index (χ2n) is 8.72. The summed E-state index contributed by atoms with van der Waals surface area (Å²) in [5, 5.41) is 5.84. The van der Waals surface area contributed by atoms with Gasteiger partial charge in [-0.2, -0.15) is 0 Å². The average Bonchev–Trinajstić information content (AvgIpc) is 3.41. The minimum Gasteiger partial charge on any atom is -0.365 e. The molecule has 0 bridgehead atoms. The molecule has 2 aliphatic heterocycles. The first-order chi connectivity index (χ1) is 17.1. The standard InChI is InChI=1S/C26H22N6O3/c33-22-9-8-20(25(34)30-22)32-15-18-12-17(6-7-19(18)26(32)35)23-24(28-14-16-4-3-10-27-13-16)31-11-2-1-5-21(31)29-23/h1-7,10-13,20,28H,8-9,14-15H2,(H,30,33,34). The number of hydrogen-bond acceptors (Lipinski definition) is 6. The Balaban J connectivity index is 1.33. The van der Waals surface area contributed by atoms with Gasteiger partial charge in [0.15, 0.2) is 0 Å². The number of amides is 3. The third kappa shape index (κ3) is 3.71. The molecule has 1 unspecified atom stereocenters. The highest BCUT2D eigenvalue weighted by Gasteiger charge is 2.39. The zero-order valence-electron chi connectivity index (χ0n) is 18.8. The van der Waals surface area contributed by atoms with Gasteiger partial charge >= 0.3 is 0 Å². The van der Waals surface area contributed by atoms with E-state index in [1.165, 1.54) is 0 Å². The van der Waals surface area contributed by atoms with Crippen molar-refractivity contribution in [1.29, 1.82) is 0 Å². The zero-order valence-corrected chi connectivity index (χ0v) is 18.8. The van der Waals surface area contributed by atoms with E-state index in [0.717, 1.165) is 33.8 Å². The molecule has 5 heterocycles. The van der Waals surface area contributed by atoms with Gasteiger partial charge in [-0.25, -0.2) is 4.98 Å². The van der Waals surface area contributed by atoms with E-state index in [0.29, 0.717) is 25.1 Å². The second kappa shape index (κ2) is 8.35. The summed E-state index contributed by atoms with van der Waals surface area (Å²) in [5.74, 6) is -0.0533. The molecular formula is C26H22N6O3. The number of rotatable bonds is 5. The van der Waals surface area contributed by atoms with Crippen molar-refractivity contribution in [3.8, 4) is 11.3 Å². The molecule has 1 aromatic carbocycles. The van der Waals surface area contributed by atoms with Crippen LogP contribution in [0.25, 0.3) is 16.9 Å². The van der Waals surface area contributed by atoms with Crippen LogP contribution in [0.2, 0.25) is 0 Å². The smallest absolute Gasteiger partial charge is 0.255 e. The van der Waals surface area contributed by atoms with Crippen LogP contribution in [0.15, 0.2) is 67.1 Å². The van der Waals surface area contributed by atoms with E-state index < -0.39 is 11.9 Å². The van der Waals surface area contributed by atoms with Gasteiger partial charge in [-0.3, -0.25) is 29.1 Å². The Morgan fingerprint density at radius 3 is 2.83 bits per heavy atom. The van der Waals surface area contributed by atoms with Crippen LogP contribution in [-0.2, 0) is 22.7 Å². The maximum Gasteiger partial charge on any atom is 0.255 e. The van der Waals surface area contributed by atoms with Gasteiger partial charge in [0.05, 0.1) is 0 Å². The highest BCUT2D eigenvalue weighted by Crippen LogP contribution is 2.34. The highest BCUT2D eigenvalue weighted by atomic mass is 16.2. The van der Waals surface area contributed by atoms with Crippen LogP contribution in [0.3, 0.4) is 0 Å². The minimum absolute atomic E-state index is 0.189. The summed E-state index contributed by atoms with van der Waals surface area (Å²) in [4.78, 5) is 47.5. The fourth-order valence-corrected chi connectivity index (χ4v) is 4.78. The van der Waals surface area contributed by atoms with Gasteiger partial charge in [0.2, 0.25) is 11.8 Å². The molecule has 9 nitrogen and oxygen atoms in total. The summed E-state index contributed by atoms with van der Waals surface area (Å²) in [6, 6.07) is 14.8. The van der Waals surface area contributed by atoms with Crippen molar-refractivity contribution in [2.45, 2.75) is 32.0 Å². The molecule has 0 radical (unpaired) electrons. The van der Waals surface area contributed by atoms with Crippen molar-refractivity contribution >= 4 is 29.2 Å². The van der Waals surface area contributed by atoms with Crippen LogP contribution in [0.1, 0.15) is 34.3 Å². The molecule has 0 saturated carbocycles. The minimum atomic E-state index is -0.636. The summed E-state index contributed by atoms with van der Waals surface area (Å²) in [6.45, 7) is 0.899. The monoisotopic (exact) mass is 466 g/mol. The van der Waals surface area contributed by atoms with Crippen molar-refractivity contribution in [3.05, 3.63) is 83.8 Å². The number of hydrogen-bond donors (Lipinski definition) is 2. The molecular weight excluding hydrogens is 444 g/mol. The van der Waals surface area contributed by atoms with Gasteiger partial charge in [0.1, 0.15) is 23.2 Å². The highest BCUT2D eigenvalue weighted by molar-refractivity contribution is 6.05. The fraction of sp³-hybridized carbons (Fsp3) is 0.192. The average molecular weight is 467 g/mol. The first-order valence-corrected chi connectivity index (χ1v) is 11.5. The zero-order chi connectivity index (χ0) is 23.9. The van der Waals surface area contributed by atoms with Crippen LogP contribution in [0.5, 0.6) is 0 Å². The summed E-state index contributed by atoms with van der Waals surface area (Å²) < 4.78 is 2.00. The van der Waals surface area contributed by atoms with Crippen LogP contribution in [0, 0.1) is 0 Å². The fourth-order valence-electron chi connectivity index (χ4n) is 4.78. The summed E-state index contributed by atoms with van der Waals surface area (Å²) in [5.41, 5.74) is 4.91. The van der Waals surface area contributed by atoms with Gasteiger partial charge in [-0.15, -0.1) is 0 Å². The molecule has 6 rings (SSSR count). The molecule has 35 heavy (non-hydrogen) atoms. The number of nitrogens with one attached hydrogen (secondary N) is 2. The first-order valence-electron chi connectivity index (χ1n) is 11.5. The van der Waals surface area contributed by atoms with E-state index in [1.54, 1.807) is 17.2 Å². The molecule has 0 spiro atoms. The van der Waals surface area contributed by atoms with E-state index in [-0.39, 0.29) is 18.2 Å². The Morgan fingerprint density at radius 2 is 2.00 bits per heavy atom. The van der Waals surface area contributed by atoms with Gasteiger partial charge in [0.25, 0.3) is 5.91 Å². The van der Waals surface area contributed by atoms with E-state index in [2.05, 4.69) is 15.6 Å². The SMILES string of the molecule is O=C1CCC(N2Cc3cc(-c4nc5ccccn5c4NCc4cccnc4)ccc3C2=O)C(=O)N1. The summed E-state index contributed by atoms with van der Waals surface area (Å²) in [7, 11) is 0. The number of nitrogens with zero attached hydrogens (tertiary/aromatic N) is 4. The normalized spacial score (nSPS) is 17.5. The van der Waals surface area contributed by atoms with Crippen LogP contribution in [0.4, 0.5) is 5.82 Å². The molecule has 3 amide bonds. The van der Waals surface area contributed by atoms with Crippen LogP contribution >= 0.6 is 0 Å². The Morgan fingerprint density at radius 1 is 1.09 bits per heavy atom. The lowest BCUT2D eigenvalue weighted by molar-refractivity contribution is -0.136. The third-order valence-electron chi connectivity index (χ3n) is 6.51. The van der Waals surface area contributed by atoms with Crippen molar-refractivity contribution in [2.75, 3.05) is 5.32 Å². The largest absolute Gasteiger partial charge is 0.365 e. The molecule has 9 heteroatoms. The number of carbonyl (C=O) groups is 3. The molecule has 1 fully saturated rings. The quantitative estimate of drug-likeness (QED) is 0.438. The van der Waals surface area contributed by atoms with Gasteiger partial charge in [0, 0.05) is 49.2 Å².